The third-order valence-corrected chi connectivity index (χ3v) is 7.47. The first kappa shape index (κ1) is 32.8. The molecular weight excluding hydrogens is 548 g/mol. The lowest BCUT2D eigenvalue weighted by Crippen LogP contribution is -2.28. The fourth-order valence-electron chi connectivity index (χ4n) is 4.25. The van der Waals surface area contributed by atoms with E-state index in [1.54, 1.807) is 24.3 Å². The normalized spacial score (nSPS) is 13.1. The Labute approximate surface area is 250 Å². The Morgan fingerprint density at radius 3 is 1.98 bits per heavy atom. The number of hydrogen-bond acceptors (Lipinski definition) is 4. The van der Waals surface area contributed by atoms with Crippen LogP contribution in [0.15, 0.2) is 78.9 Å². The standard InChI is InChI=1S/C34H42N2O5S/c1-33(2,3)20-19-24-9-17-29(18-10-24)36-32(38)30(26-13-15-28(16-14-26)34(4,5)6)23-25-7-11-27(12-8-25)31(37)35-21-22-42(39,40)41/h7-20,30H,21-23H2,1-6H3,(H,35,37)(H,36,38)(H,39,40,41). The van der Waals surface area contributed by atoms with Crippen LogP contribution in [-0.4, -0.2) is 37.1 Å². The molecular formula is C34H42N2O5S. The number of anilines is 1. The summed E-state index contributed by atoms with van der Waals surface area (Å²) in [5, 5.41) is 5.55. The van der Waals surface area contributed by atoms with Crippen LogP contribution in [0.4, 0.5) is 5.69 Å². The zero-order chi connectivity index (χ0) is 31.1. The summed E-state index contributed by atoms with van der Waals surface area (Å²) in [7, 11) is -4.16. The maximum Gasteiger partial charge on any atom is 0.266 e. The summed E-state index contributed by atoms with van der Waals surface area (Å²) in [4.78, 5) is 26.0. The smallest absolute Gasteiger partial charge is 0.266 e. The Balaban J connectivity index is 1.79. The summed E-state index contributed by atoms with van der Waals surface area (Å²) in [5.74, 6) is -1.62. The Bertz CT molecular complexity index is 1490. The molecule has 3 rings (SSSR count). The Hall–Kier alpha value is -3.75. The van der Waals surface area contributed by atoms with Crippen molar-refractivity contribution in [2.45, 2.75) is 59.3 Å². The minimum absolute atomic E-state index is 0.0166. The number of allylic oxidation sites excluding steroid dienone is 1. The van der Waals surface area contributed by atoms with Gasteiger partial charge in [-0.15, -0.1) is 0 Å². The fraction of sp³-hybridized carbons (Fsp3) is 0.353. The van der Waals surface area contributed by atoms with Gasteiger partial charge in [-0.25, -0.2) is 0 Å². The van der Waals surface area contributed by atoms with Crippen LogP contribution in [-0.2, 0) is 26.7 Å². The number of benzene rings is 3. The molecule has 0 aliphatic carbocycles. The van der Waals surface area contributed by atoms with Gasteiger partial charge in [-0.1, -0.05) is 102 Å². The number of carbonyl (C=O) groups is 2. The minimum atomic E-state index is -4.16. The third kappa shape index (κ3) is 10.6. The van der Waals surface area contributed by atoms with Crippen LogP contribution < -0.4 is 10.6 Å². The van der Waals surface area contributed by atoms with Crippen LogP contribution in [0.25, 0.3) is 6.08 Å². The molecule has 224 valence electrons. The Morgan fingerprint density at radius 2 is 1.45 bits per heavy atom. The molecule has 3 aromatic carbocycles. The monoisotopic (exact) mass is 590 g/mol. The lowest BCUT2D eigenvalue weighted by Gasteiger charge is -2.22. The number of amides is 2. The van der Waals surface area contributed by atoms with Crippen LogP contribution in [0.5, 0.6) is 0 Å². The lowest BCUT2D eigenvalue weighted by molar-refractivity contribution is -0.117. The number of nitrogens with one attached hydrogen (secondary N) is 2. The van der Waals surface area contributed by atoms with Gasteiger partial charge in [0.2, 0.25) is 5.91 Å². The van der Waals surface area contributed by atoms with Crippen LogP contribution >= 0.6 is 0 Å². The molecule has 0 aliphatic rings. The highest BCUT2D eigenvalue weighted by Gasteiger charge is 2.23. The Kier molecular flexibility index (Phi) is 10.5. The van der Waals surface area contributed by atoms with Gasteiger partial charge in [-0.2, -0.15) is 8.42 Å². The highest BCUT2D eigenvalue weighted by molar-refractivity contribution is 7.85. The molecule has 0 heterocycles. The van der Waals surface area contributed by atoms with Crippen molar-refractivity contribution in [1.82, 2.24) is 5.32 Å². The largest absolute Gasteiger partial charge is 0.351 e. The van der Waals surface area contributed by atoms with E-state index in [1.165, 1.54) is 5.56 Å². The predicted octanol–water partition coefficient (Wildman–Crippen LogP) is 6.63. The fourth-order valence-corrected chi connectivity index (χ4v) is 4.61. The topological polar surface area (TPSA) is 113 Å². The average Bonchev–Trinajstić information content (AvgIpc) is 2.90. The molecule has 0 aromatic heterocycles. The molecule has 0 radical (unpaired) electrons. The average molecular weight is 591 g/mol. The van der Waals surface area contributed by atoms with Gasteiger partial charge in [0.1, 0.15) is 0 Å². The zero-order valence-electron chi connectivity index (χ0n) is 25.3. The van der Waals surface area contributed by atoms with Crippen LogP contribution in [0.2, 0.25) is 0 Å². The summed E-state index contributed by atoms with van der Waals surface area (Å²) in [6, 6.07) is 22.7. The van der Waals surface area contributed by atoms with Crippen molar-refractivity contribution in [2.24, 2.45) is 5.41 Å². The van der Waals surface area contributed by atoms with Gasteiger partial charge in [-0.3, -0.25) is 14.1 Å². The van der Waals surface area contributed by atoms with Gasteiger partial charge < -0.3 is 10.6 Å². The molecule has 8 heteroatoms. The molecule has 2 amide bonds. The molecule has 42 heavy (non-hydrogen) atoms. The van der Waals surface area contributed by atoms with Crippen LogP contribution in [0, 0.1) is 5.41 Å². The molecule has 0 saturated carbocycles. The first-order valence-electron chi connectivity index (χ1n) is 14.0. The molecule has 0 spiro atoms. The number of rotatable bonds is 10. The van der Waals surface area contributed by atoms with E-state index in [0.717, 1.165) is 16.7 Å². The minimum Gasteiger partial charge on any atom is -0.351 e. The third-order valence-electron chi connectivity index (χ3n) is 6.75. The van der Waals surface area contributed by atoms with E-state index in [4.69, 9.17) is 4.55 Å². The number of hydrogen-bond donors (Lipinski definition) is 3. The summed E-state index contributed by atoms with van der Waals surface area (Å²) in [5.41, 5.74) is 5.11. The van der Waals surface area contributed by atoms with E-state index in [-0.39, 0.29) is 23.3 Å². The predicted molar refractivity (Wildman–Crippen MR) is 170 cm³/mol. The van der Waals surface area contributed by atoms with E-state index < -0.39 is 27.7 Å². The quantitative estimate of drug-likeness (QED) is 0.230. The van der Waals surface area contributed by atoms with Gasteiger partial charge in [0.05, 0.1) is 11.7 Å². The van der Waals surface area contributed by atoms with Gasteiger partial charge in [0.25, 0.3) is 16.0 Å². The van der Waals surface area contributed by atoms with Crippen LogP contribution in [0.3, 0.4) is 0 Å². The van der Waals surface area contributed by atoms with E-state index in [9.17, 15) is 18.0 Å². The molecule has 0 bridgehead atoms. The highest BCUT2D eigenvalue weighted by Crippen LogP contribution is 2.28. The summed E-state index contributed by atoms with van der Waals surface area (Å²) < 4.78 is 30.6. The second-order valence-electron chi connectivity index (χ2n) is 12.7. The van der Waals surface area contributed by atoms with Gasteiger partial charge in [0.15, 0.2) is 0 Å². The lowest BCUT2D eigenvalue weighted by atomic mass is 9.84. The molecule has 1 unspecified atom stereocenters. The van der Waals surface area contributed by atoms with Crippen LogP contribution in [0.1, 0.15) is 80.1 Å². The molecule has 7 nitrogen and oxygen atoms in total. The molecule has 3 N–H and O–H groups in total. The summed E-state index contributed by atoms with van der Waals surface area (Å²) in [6.07, 6.45) is 4.63. The Morgan fingerprint density at radius 1 is 0.857 bits per heavy atom. The van der Waals surface area contributed by atoms with Crippen molar-refractivity contribution in [3.8, 4) is 0 Å². The van der Waals surface area contributed by atoms with Crippen molar-refractivity contribution in [1.29, 1.82) is 0 Å². The van der Waals surface area contributed by atoms with Crippen molar-refractivity contribution in [2.75, 3.05) is 17.6 Å². The van der Waals surface area contributed by atoms with Gasteiger partial charge in [-0.05, 0) is 63.8 Å². The van der Waals surface area contributed by atoms with Crippen molar-refractivity contribution >= 4 is 33.7 Å². The number of carbonyl (C=O) groups excluding carboxylic acids is 2. The first-order chi connectivity index (χ1) is 19.5. The van der Waals surface area contributed by atoms with E-state index in [2.05, 4.69) is 76.5 Å². The molecule has 0 aliphatic heterocycles. The van der Waals surface area contributed by atoms with E-state index in [1.807, 2.05) is 36.4 Å². The maximum atomic E-state index is 13.7. The molecule has 1 atom stereocenters. The first-order valence-corrected chi connectivity index (χ1v) is 15.6. The van der Waals surface area contributed by atoms with E-state index >= 15 is 0 Å². The SMILES string of the molecule is CC(C)(C)C=Cc1ccc(NC(=O)C(Cc2ccc(C(=O)NCCS(=O)(=O)O)cc2)c2ccc(C(C)(C)C)cc2)cc1. The van der Waals surface area contributed by atoms with Gasteiger partial charge >= 0.3 is 0 Å². The van der Waals surface area contributed by atoms with Crippen molar-refractivity contribution in [3.63, 3.8) is 0 Å². The maximum absolute atomic E-state index is 13.7. The van der Waals surface area contributed by atoms with Crippen molar-refractivity contribution in [3.05, 3.63) is 107 Å². The second-order valence-corrected chi connectivity index (χ2v) is 14.3. The molecule has 3 aromatic rings. The molecule has 0 saturated heterocycles. The second kappa shape index (κ2) is 13.5. The van der Waals surface area contributed by atoms with Gasteiger partial charge in [0, 0.05) is 17.8 Å². The summed E-state index contributed by atoms with van der Waals surface area (Å²) in [6.45, 7) is 12.7. The van der Waals surface area contributed by atoms with E-state index in [0.29, 0.717) is 17.7 Å². The summed E-state index contributed by atoms with van der Waals surface area (Å²) >= 11 is 0. The zero-order valence-corrected chi connectivity index (χ0v) is 26.1. The molecule has 0 fully saturated rings. The van der Waals surface area contributed by atoms with Crippen molar-refractivity contribution < 1.29 is 22.6 Å². The highest BCUT2D eigenvalue weighted by atomic mass is 32.2.